The number of carbonyl (C=O) groups is 2. The molecule has 1 heterocycles. The van der Waals surface area contributed by atoms with Crippen molar-refractivity contribution in [3.8, 4) is 17.2 Å². The summed E-state index contributed by atoms with van der Waals surface area (Å²) in [5.41, 5.74) is 1.76. The molecule has 0 unspecified atom stereocenters. The van der Waals surface area contributed by atoms with Gasteiger partial charge >= 0.3 is 0 Å². The molecule has 0 saturated heterocycles. The molecular formula is C27H22ClNO5S. The Morgan fingerprint density at radius 3 is 2.17 bits per heavy atom. The molecule has 35 heavy (non-hydrogen) atoms. The van der Waals surface area contributed by atoms with Crippen molar-refractivity contribution in [1.82, 2.24) is 0 Å². The highest BCUT2D eigenvalue weighted by molar-refractivity contribution is 7.21. The van der Waals surface area contributed by atoms with Gasteiger partial charge in [0.25, 0.3) is 5.91 Å². The maximum atomic E-state index is 12.7. The van der Waals surface area contributed by atoms with Crippen LogP contribution in [0.25, 0.3) is 16.2 Å². The lowest BCUT2D eigenvalue weighted by molar-refractivity contribution is 0.102. The third kappa shape index (κ3) is 5.16. The van der Waals surface area contributed by atoms with Crippen molar-refractivity contribution in [2.45, 2.75) is 0 Å². The number of allylic oxidation sites excluding steroid dienone is 1. The molecule has 0 bridgehead atoms. The maximum Gasteiger partial charge on any atom is 0.267 e. The molecule has 8 heteroatoms. The van der Waals surface area contributed by atoms with Crippen molar-refractivity contribution in [3.63, 3.8) is 0 Å². The van der Waals surface area contributed by atoms with Gasteiger partial charge in [0, 0.05) is 21.3 Å². The van der Waals surface area contributed by atoms with Crippen LogP contribution in [-0.4, -0.2) is 33.0 Å². The fraction of sp³-hybridized carbons (Fsp3) is 0.111. The van der Waals surface area contributed by atoms with Crippen molar-refractivity contribution < 1.29 is 23.8 Å². The Balaban J connectivity index is 1.47. The summed E-state index contributed by atoms with van der Waals surface area (Å²) in [6, 6.07) is 17.8. The molecule has 3 aromatic carbocycles. The van der Waals surface area contributed by atoms with Gasteiger partial charge in [-0.1, -0.05) is 35.9 Å². The summed E-state index contributed by atoms with van der Waals surface area (Å²) in [5, 5.41) is 4.13. The van der Waals surface area contributed by atoms with Gasteiger partial charge in [-0.2, -0.15) is 0 Å². The van der Waals surface area contributed by atoms with Crippen LogP contribution in [0.15, 0.2) is 66.7 Å². The largest absolute Gasteiger partial charge is 0.493 e. The second-order valence-corrected chi connectivity index (χ2v) is 8.86. The number of amides is 1. The Hall–Kier alpha value is -3.81. The number of hydrogen-bond acceptors (Lipinski definition) is 6. The first-order chi connectivity index (χ1) is 16.9. The number of thiophene rings is 1. The zero-order valence-corrected chi connectivity index (χ0v) is 20.8. The van der Waals surface area contributed by atoms with Gasteiger partial charge in [-0.05, 0) is 54.1 Å². The molecule has 178 valence electrons. The molecule has 0 radical (unpaired) electrons. The molecule has 1 N–H and O–H groups in total. The van der Waals surface area contributed by atoms with E-state index >= 15 is 0 Å². The second kappa shape index (κ2) is 10.6. The van der Waals surface area contributed by atoms with Crippen LogP contribution in [0, 0.1) is 0 Å². The van der Waals surface area contributed by atoms with Gasteiger partial charge in [0.15, 0.2) is 17.3 Å². The Morgan fingerprint density at radius 2 is 1.57 bits per heavy atom. The molecule has 1 aromatic heterocycles. The molecular weight excluding hydrogens is 486 g/mol. The van der Waals surface area contributed by atoms with Crippen LogP contribution in [0.3, 0.4) is 0 Å². The van der Waals surface area contributed by atoms with E-state index in [2.05, 4.69) is 5.32 Å². The summed E-state index contributed by atoms with van der Waals surface area (Å²) in [4.78, 5) is 25.9. The smallest absolute Gasteiger partial charge is 0.267 e. The number of anilines is 1. The number of hydrogen-bond donors (Lipinski definition) is 1. The van der Waals surface area contributed by atoms with E-state index in [9.17, 15) is 9.59 Å². The van der Waals surface area contributed by atoms with Gasteiger partial charge < -0.3 is 19.5 Å². The highest BCUT2D eigenvalue weighted by atomic mass is 35.5. The lowest BCUT2D eigenvalue weighted by Gasteiger charge is -2.12. The summed E-state index contributed by atoms with van der Waals surface area (Å²) in [5.74, 6) is 0.991. The predicted octanol–water partition coefficient (Wildman–Crippen LogP) is 6.73. The van der Waals surface area contributed by atoms with Gasteiger partial charge in [-0.15, -0.1) is 11.3 Å². The number of halogens is 1. The van der Waals surface area contributed by atoms with Gasteiger partial charge in [-0.3, -0.25) is 9.59 Å². The maximum absolute atomic E-state index is 12.7. The standard InChI is InChI=1S/C27H22ClNO5S/c1-32-21-14-16(15-22(33-2)25(21)34-3)8-13-20(30)17-9-11-18(12-10-17)29-27(31)26-24(28)19-6-4-5-7-23(19)35-26/h4-15H,1-3H3,(H,29,31)/b13-8+. The Morgan fingerprint density at radius 1 is 0.914 bits per heavy atom. The quantitative estimate of drug-likeness (QED) is 0.211. The highest BCUT2D eigenvalue weighted by Gasteiger charge is 2.17. The van der Waals surface area contributed by atoms with Crippen molar-refractivity contribution in [2.24, 2.45) is 0 Å². The molecule has 4 aromatic rings. The molecule has 0 aliphatic rings. The number of carbonyl (C=O) groups excluding carboxylic acids is 2. The first-order valence-electron chi connectivity index (χ1n) is 10.6. The Kier molecular flexibility index (Phi) is 7.39. The average molecular weight is 508 g/mol. The topological polar surface area (TPSA) is 73.9 Å². The normalized spacial score (nSPS) is 11.0. The number of rotatable bonds is 8. The number of methoxy groups -OCH3 is 3. The van der Waals surface area contributed by atoms with Crippen molar-refractivity contribution >= 4 is 56.5 Å². The van der Waals surface area contributed by atoms with Crippen LogP contribution >= 0.6 is 22.9 Å². The molecule has 0 saturated carbocycles. The predicted molar refractivity (Wildman–Crippen MR) is 141 cm³/mol. The SMILES string of the molecule is COc1cc(/C=C/C(=O)c2ccc(NC(=O)c3sc4ccccc4c3Cl)cc2)cc(OC)c1OC. The van der Waals surface area contributed by atoms with Crippen molar-refractivity contribution in [3.05, 3.63) is 87.8 Å². The van der Waals surface area contributed by atoms with Crippen LogP contribution in [0.4, 0.5) is 5.69 Å². The lowest BCUT2D eigenvalue weighted by atomic mass is 10.1. The molecule has 1 amide bonds. The molecule has 6 nitrogen and oxygen atoms in total. The average Bonchev–Trinajstić information content (AvgIpc) is 3.23. The van der Waals surface area contributed by atoms with Gasteiger partial charge in [0.2, 0.25) is 5.75 Å². The first kappa shape index (κ1) is 24.3. The number of ether oxygens (including phenoxy) is 3. The summed E-state index contributed by atoms with van der Waals surface area (Å²) in [6.45, 7) is 0. The van der Waals surface area contributed by atoms with E-state index in [1.54, 1.807) is 42.5 Å². The summed E-state index contributed by atoms with van der Waals surface area (Å²) in [7, 11) is 4.60. The van der Waals surface area contributed by atoms with Crippen LogP contribution < -0.4 is 19.5 Å². The lowest BCUT2D eigenvalue weighted by Crippen LogP contribution is -2.10. The van der Waals surface area contributed by atoms with E-state index in [1.165, 1.54) is 38.7 Å². The minimum Gasteiger partial charge on any atom is -0.493 e. The molecule has 0 atom stereocenters. The zero-order chi connectivity index (χ0) is 24.9. The van der Waals surface area contributed by atoms with Gasteiger partial charge in [-0.25, -0.2) is 0 Å². The second-order valence-electron chi connectivity index (χ2n) is 7.43. The highest BCUT2D eigenvalue weighted by Crippen LogP contribution is 2.38. The summed E-state index contributed by atoms with van der Waals surface area (Å²) < 4.78 is 17.0. The van der Waals surface area contributed by atoms with E-state index in [4.69, 9.17) is 25.8 Å². The van der Waals surface area contributed by atoms with Crippen LogP contribution in [0.2, 0.25) is 5.02 Å². The van der Waals surface area contributed by atoms with Gasteiger partial charge in [0.05, 0.1) is 26.4 Å². The van der Waals surface area contributed by atoms with E-state index in [0.717, 1.165) is 15.6 Å². The minimum atomic E-state index is -0.294. The van der Waals surface area contributed by atoms with Crippen molar-refractivity contribution in [1.29, 1.82) is 0 Å². The molecule has 0 fully saturated rings. The number of benzene rings is 3. The van der Waals surface area contributed by atoms with E-state index in [1.807, 2.05) is 24.3 Å². The van der Waals surface area contributed by atoms with Crippen molar-refractivity contribution in [2.75, 3.05) is 26.6 Å². The van der Waals surface area contributed by atoms with Crippen LogP contribution in [-0.2, 0) is 0 Å². The van der Waals surface area contributed by atoms with E-state index < -0.39 is 0 Å². The Labute approximate surface area is 211 Å². The van der Waals surface area contributed by atoms with Crippen LogP contribution in [0.5, 0.6) is 17.2 Å². The summed E-state index contributed by atoms with van der Waals surface area (Å²) in [6.07, 6.45) is 3.14. The Bertz CT molecular complexity index is 1400. The number of nitrogens with one attached hydrogen (secondary N) is 1. The van der Waals surface area contributed by atoms with E-state index in [-0.39, 0.29) is 11.7 Å². The third-order valence-corrected chi connectivity index (χ3v) is 6.96. The molecule has 0 aliphatic carbocycles. The first-order valence-corrected chi connectivity index (χ1v) is 11.8. The minimum absolute atomic E-state index is 0.191. The van der Waals surface area contributed by atoms with Gasteiger partial charge in [0.1, 0.15) is 4.88 Å². The fourth-order valence-electron chi connectivity index (χ4n) is 3.53. The monoisotopic (exact) mass is 507 g/mol. The third-order valence-electron chi connectivity index (χ3n) is 5.28. The molecule has 4 rings (SSSR count). The fourth-order valence-corrected chi connectivity index (χ4v) is 4.94. The molecule has 0 aliphatic heterocycles. The summed E-state index contributed by atoms with van der Waals surface area (Å²) >= 11 is 7.74. The number of fused-ring (bicyclic) bond motifs is 1. The van der Waals surface area contributed by atoms with E-state index in [0.29, 0.717) is 38.4 Å². The molecule has 0 spiro atoms. The van der Waals surface area contributed by atoms with Crippen LogP contribution in [0.1, 0.15) is 25.6 Å². The zero-order valence-electron chi connectivity index (χ0n) is 19.3. The number of ketones is 1.